The third-order valence-electron chi connectivity index (χ3n) is 1.34. The van der Waals surface area contributed by atoms with Gasteiger partial charge < -0.3 is 0 Å². The number of unbranched alkanes of at least 4 members (excludes halogenated alkanes) is 3. The van der Waals surface area contributed by atoms with E-state index >= 15 is 0 Å². The van der Waals surface area contributed by atoms with Gasteiger partial charge in [-0.3, -0.25) is 0 Å². The molecule has 0 aromatic heterocycles. The van der Waals surface area contributed by atoms with Gasteiger partial charge in [0, 0.05) is 12.3 Å². The van der Waals surface area contributed by atoms with E-state index in [1.165, 1.54) is 0 Å². The van der Waals surface area contributed by atoms with Crippen LogP contribution in [0.5, 0.6) is 0 Å². The van der Waals surface area contributed by atoms with E-state index in [-0.39, 0.29) is 6.42 Å². The molecule has 0 aliphatic carbocycles. The summed E-state index contributed by atoms with van der Waals surface area (Å²) in [5.41, 5.74) is 0. The second-order valence-corrected chi connectivity index (χ2v) is 2.85. The van der Waals surface area contributed by atoms with Gasteiger partial charge >= 0.3 is 6.18 Å². The summed E-state index contributed by atoms with van der Waals surface area (Å²) in [5, 5.41) is 0. The average molecular weight is 189 g/mol. The molecule has 0 rings (SSSR count). The van der Waals surface area contributed by atoms with Gasteiger partial charge in [-0.1, -0.05) is 12.8 Å². The lowest BCUT2D eigenvalue weighted by Gasteiger charge is -2.04. The first-order valence-electron chi connectivity index (χ1n) is 3.69. The van der Waals surface area contributed by atoms with E-state index in [2.05, 4.69) is 0 Å². The lowest BCUT2D eigenvalue weighted by atomic mass is 10.1. The van der Waals surface area contributed by atoms with Gasteiger partial charge in [0.25, 0.3) is 0 Å². The molecule has 0 bridgehead atoms. The van der Waals surface area contributed by atoms with Gasteiger partial charge in [0.05, 0.1) is 0 Å². The fraction of sp³-hybridized carbons (Fsp3) is 1.00. The minimum absolute atomic E-state index is 0.236. The van der Waals surface area contributed by atoms with Gasteiger partial charge in [-0.25, -0.2) is 0 Å². The molecule has 11 heavy (non-hydrogen) atoms. The molecule has 0 heterocycles. The smallest absolute Gasteiger partial charge is 0.171 e. The van der Waals surface area contributed by atoms with Gasteiger partial charge in [0.15, 0.2) is 0 Å². The van der Waals surface area contributed by atoms with Crippen LogP contribution in [0.3, 0.4) is 0 Å². The largest absolute Gasteiger partial charge is 0.389 e. The lowest BCUT2D eigenvalue weighted by molar-refractivity contribution is -0.135. The van der Waals surface area contributed by atoms with Crippen LogP contribution in [0.25, 0.3) is 0 Å². The summed E-state index contributed by atoms with van der Waals surface area (Å²) in [7, 11) is 0. The van der Waals surface area contributed by atoms with Crippen molar-refractivity contribution < 1.29 is 13.2 Å². The molecule has 0 nitrogen and oxygen atoms in total. The van der Waals surface area contributed by atoms with Crippen molar-refractivity contribution in [1.82, 2.24) is 0 Å². The molecule has 0 amide bonds. The van der Waals surface area contributed by atoms with Gasteiger partial charge in [0.2, 0.25) is 0 Å². The van der Waals surface area contributed by atoms with Crippen LogP contribution in [-0.4, -0.2) is 12.1 Å². The summed E-state index contributed by atoms with van der Waals surface area (Å²) in [6.45, 7) is 0. The predicted octanol–water partition coefficient (Wildman–Crippen LogP) is 3.74. The van der Waals surface area contributed by atoms with Gasteiger partial charge in [0.1, 0.15) is 0 Å². The molecule has 68 valence electrons. The van der Waals surface area contributed by atoms with Gasteiger partial charge in [-0.2, -0.15) is 13.2 Å². The van der Waals surface area contributed by atoms with Crippen LogP contribution in [0.2, 0.25) is 0 Å². The molecule has 0 radical (unpaired) electrons. The molecule has 4 heteroatoms. The maximum Gasteiger partial charge on any atom is 0.389 e. The standard InChI is InChI=1S/C7H12ClF3/c8-6-4-2-1-3-5-7(9,10)11/h1-6H2. The van der Waals surface area contributed by atoms with Crippen molar-refractivity contribution in [2.75, 3.05) is 5.88 Å². The van der Waals surface area contributed by atoms with Crippen molar-refractivity contribution in [1.29, 1.82) is 0 Å². The molecule has 0 aliphatic heterocycles. The van der Waals surface area contributed by atoms with E-state index in [1.54, 1.807) is 0 Å². The summed E-state index contributed by atoms with van der Waals surface area (Å²) >= 11 is 5.35. The minimum atomic E-state index is -3.99. The Bertz CT molecular complexity index is 90.2. The Morgan fingerprint density at radius 3 is 1.91 bits per heavy atom. The number of hydrogen-bond acceptors (Lipinski definition) is 0. The molecule has 0 N–H and O–H groups in total. The number of alkyl halides is 4. The van der Waals surface area contributed by atoms with Gasteiger partial charge in [-0.05, 0) is 12.8 Å². The summed E-state index contributed by atoms with van der Waals surface area (Å²) in [4.78, 5) is 0. The number of hydrogen-bond donors (Lipinski definition) is 0. The van der Waals surface area contributed by atoms with Crippen molar-refractivity contribution in [3.63, 3.8) is 0 Å². The van der Waals surface area contributed by atoms with E-state index < -0.39 is 12.6 Å². The molecular weight excluding hydrogens is 177 g/mol. The average Bonchev–Trinajstić information content (AvgIpc) is 1.85. The van der Waals surface area contributed by atoms with E-state index in [4.69, 9.17) is 11.6 Å². The zero-order valence-corrected chi connectivity index (χ0v) is 7.01. The van der Waals surface area contributed by atoms with E-state index in [0.717, 1.165) is 12.8 Å². The summed E-state index contributed by atoms with van der Waals surface area (Å²) in [5.74, 6) is 0.548. The Morgan fingerprint density at radius 2 is 1.45 bits per heavy atom. The van der Waals surface area contributed by atoms with Crippen LogP contribution in [0, 0.1) is 0 Å². The Kier molecular flexibility index (Phi) is 5.74. The van der Waals surface area contributed by atoms with Crippen molar-refractivity contribution in [2.45, 2.75) is 38.3 Å². The maximum absolute atomic E-state index is 11.5. The lowest BCUT2D eigenvalue weighted by Crippen LogP contribution is -2.06. The number of rotatable bonds is 5. The molecule has 0 saturated heterocycles. The Balaban J connectivity index is 3.02. The highest BCUT2D eigenvalue weighted by Gasteiger charge is 2.25. The van der Waals surface area contributed by atoms with Crippen LogP contribution >= 0.6 is 11.6 Å². The first-order chi connectivity index (χ1) is 5.06. The van der Waals surface area contributed by atoms with Crippen molar-refractivity contribution in [3.05, 3.63) is 0 Å². The molecular formula is C7H12ClF3. The molecule has 0 aliphatic rings. The molecule has 0 saturated carbocycles. The molecule has 0 atom stereocenters. The second kappa shape index (κ2) is 5.70. The Labute approximate surface area is 69.7 Å². The zero-order valence-electron chi connectivity index (χ0n) is 6.25. The van der Waals surface area contributed by atoms with Crippen molar-refractivity contribution >= 4 is 11.6 Å². The summed E-state index contributed by atoms with van der Waals surface area (Å²) in [6, 6.07) is 0. The molecule has 0 spiro atoms. The maximum atomic E-state index is 11.5. The second-order valence-electron chi connectivity index (χ2n) is 2.47. The monoisotopic (exact) mass is 188 g/mol. The third kappa shape index (κ3) is 10.1. The van der Waals surface area contributed by atoms with E-state index in [9.17, 15) is 13.2 Å². The van der Waals surface area contributed by atoms with Crippen molar-refractivity contribution in [3.8, 4) is 0 Å². The molecule has 0 fully saturated rings. The van der Waals surface area contributed by atoms with Crippen LogP contribution in [-0.2, 0) is 0 Å². The van der Waals surface area contributed by atoms with Crippen molar-refractivity contribution in [2.24, 2.45) is 0 Å². The van der Waals surface area contributed by atoms with Crippen LogP contribution in [0.1, 0.15) is 32.1 Å². The van der Waals surface area contributed by atoms with E-state index in [1.807, 2.05) is 0 Å². The molecule has 0 aromatic rings. The third-order valence-corrected chi connectivity index (χ3v) is 1.61. The minimum Gasteiger partial charge on any atom is -0.171 e. The fourth-order valence-corrected chi connectivity index (χ4v) is 0.962. The topological polar surface area (TPSA) is 0 Å². The number of halogens is 4. The normalized spacial score (nSPS) is 12.0. The zero-order chi connectivity index (χ0) is 8.74. The Hall–Kier alpha value is 0.0800. The SMILES string of the molecule is FC(F)(F)CCCCCCCl. The quantitative estimate of drug-likeness (QED) is 0.456. The van der Waals surface area contributed by atoms with Crippen LogP contribution in [0.4, 0.5) is 13.2 Å². The highest BCUT2D eigenvalue weighted by atomic mass is 35.5. The summed E-state index contributed by atoms with van der Waals surface area (Å²) < 4.78 is 34.6. The van der Waals surface area contributed by atoms with Crippen LogP contribution in [0.15, 0.2) is 0 Å². The van der Waals surface area contributed by atoms with Crippen LogP contribution < -0.4 is 0 Å². The Morgan fingerprint density at radius 1 is 0.909 bits per heavy atom. The fourth-order valence-electron chi connectivity index (χ4n) is 0.773. The first kappa shape index (κ1) is 11.1. The first-order valence-corrected chi connectivity index (χ1v) is 4.22. The van der Waals surface area contributed by atoms with E-state index in [0.29, 0.717) is 12.3 Å². The highest BCUT2D eigenvalue weighted by molar-refractivity contribution is 6.17. The molecule has 0 unspecified atom stereocenters. The predicted molar refractivity (Wildman–Crippen MR) is 39.9 cm³/mol. The highest BCUT2D eigenvalue weighted by Crippen LogP contribution is 2.22. The van der Waals surface area contributed by atoms with Gasteiger partial charge in [-0.15, -0.1) is 11.6 Å². The summed E-state index contributed by atoms with van der Waals surface area (Å²) in [6.07, 6.45) is -2.15. The molecule has 0 aromatic carbocycles.